The van der Waals surface area contributed by atoms with Gasteiger partial charge >= 0.3 is 39.5 Å². The Kier molecular flexibility index (Phi) is 79.4. The Morgan fingerprint density at radius 2 is 0.418 bits per heavy atom. The van der Waals surface area contributed by atoms with Crippen molar-refractivity contribution in [3.05, 3.63) is 0 Å². The zero-order chi connectivity index (χ0) is 80.8. The molecule has 110 heavy (non-hydrogen) atoms. The van der Waals surface area contributed by atoms with Crippen LogP contribution in [0, 0.1) is 17.8 Å². The molecule has 0 spiro atoms. The number of aliphatic hydroxyl groups excluding tert-OH is 1. The normalized spacial score (nSPS) is 13.8. The highest BCUT2D eigenvalue weighted by Crippen LogP contribution is 2.45. The first-order chi connectivity index (χ1) is 53.2. The van der Waals surface area contributed by atoms with E-state index < -0.39 is 97.5 Å². The van der Waals surface area contributed by atoms with E-state index in [0.717, 1.165) is 108 Å². The van der Waals surface area contributed by atoms with Crippen LogP contribution in [0.2, 0.25) is 0 Å². The lowest BCUT2D eigenvalue weighted by atomic mass is 10.0. The van der Waals surface area contributed by atoms with Gasteiger partial charge in [0.1, 0.15) is 19.3 Å². The fourth-order valence-corrected chi connectivity index (χ4v) is 15.8. The molecule has 0 aliphatic carbocycles. The number of unbranched alkanes of at least 4 members (excludes halogenated alkanes) is 57. The number of phosphoric acid groups is 2. The second-order valence-electron chi connectivity index (χ2n) is 34.1. The van der Waals surface area contributed by atoms with Gasteiger partial charge in [-0.1, -0.05) is 434 Å². The highest BCUT2D eigenvalue weighted by atomic mass is 31.2. The SMILES string of the molecule is CCCCCCCCCCCCCCCCCCCCCCCCC(=O)O[C@H](COC(=O)CCCCCCCCCCCCCCCCCCC(C)C)COP(=O)(O)OC[C@@H](O)COP(=O)(O)OC[C@@H](COC(=O)CCCCCCCCCCCC(C)C)OC(=O)CCCCCCCCCCCCCCCCC(C)C. The van der Waals surface area contributed by atoms with Crippen LogP contribution in [-0.2, 0) is 65.4 Å². The predicted molar refractivity (Wildman–Crippen MR) is 455 cm³/mol. The largest absolute Gasteiger partial charge is 0.472 e. The smallest absolute Gasteiger partial charge is 0.462 e. The van der Waals surface area contributed by atoms with Crippen molar-refractivity contribution < 1.29 is 80.2 Å². The molecule has 2 unspecified atom stereocenters. The summed E-state index contributed by atoms with van der Waals surface area (Å²) < 4.78 is 69.1. The zero-order valence-corrected chi connectivity index (χ0v) is 74.5. The monoisotopic (exact) mass is 1610 g/mol. The number of hydrogen-bond donors (Lipinski definition) is 3. The number of ether oxygens (including phenoxy) is 4. The van der Waals surface area contributed by atoms with Crippen molar-refractivity contribution in [1.29, 1.82) is 0 Å². The molecule has 0 radical (unpaired) electrons. The molecule has 3 N–H and O–H groups in total. The van der Waals surface area contributed by atoms with Crippen LogP contribution in [0.15, 0.2) is 0 Å². The van der Waals surface area contributed by atoms with Crippen LogP contribution in [0.25, 0.3) is 0 Å². The molecule has 17 nitrogen and oxygen atoms in total. The van der Waals surface area contributed by atoms with E-state index in [1.165, 1.54) is 295 Å². The molecule has 0 aliphatic rings. The Morgan fingerprint density at radius 3 is 0.618 bits per heavy atom. The maximum absolute atomic E-state index is 13.2. The minimum atomic E-state index is -4.97. The number of esters is 4. The summed E-state index contributed by atoms with van der Waals surface area (Å²) in [5.74, 6) is 0.252. The second kappa shape index (κ2) is 80.8. The van der Waals surface area contributed by atoms with Crippen LogP contribution < -0.4 is 0 Å². The van der Waals surface area contributed by atoms with Crippen LogP contribution in [0.3, 0.4) is 0 Å². The Morgan fingerprint density at radius 1 is 0.245 bits per heavy atom. The van der Waals surface area contributed by atoms with Gasteiger partial charge in [-0.05, 0) is 43.4 Å². The predicted octanol–water partition coefficient (Wildman–Crippen LogP) is 28.0. The number of hydrogen-bond acceptors (Lipinski definition) is 15. The Bertz CT molecular complexity index is 2110. The molecule has 0 aliphatic heterocycles. The van der Waals surface area contributed by atoms with Gasteiger partial charge in [0.15, 0.2) is 12.2 Å². The summed E-state index contributed by atoms with van der Waals surface area (Å²) in [6, 6.07) is 0. The number of phosphoric ester groups is 2. The topological polar surface area (TPSA) is 237 Å². The van der Waals surface area contributed by atoms with Crippen LogP contribution in [-0.4, -0.2) is 96.7 Å². The van der Waals surface area contributed by atoms with Crippen LogP contribution in [0.1, 0.15) is 485 Å². The summed E-state index contributed by atoms with van der Waals surface area (Å²) in [5, 5.41) is 10.7. The highest BCUT2D eigenvalue weighted by Gasteiger charge is 2.31. The zero-order valence-electron chi connectivity index (χ0n) is 72.7. The van der Waals surface area contributed by atoms with Crippen molar-refractivity contribution in [3.63, 3.8) is 0 Å². The third kappa shape index (κ3) is 84.0. The van der Waals surface area contributed by atoms with E-state index >= 15 is 0 Å². The van der Waals surface area contributed by atoms with Gasteiger partial charge in [0.05, 0.1) is 26.4 Å². The quantitative estimate of drug-likeness (QED) is 0.0222. The van der Waals surface area contributed by atoms with Crippen LogP contribution >= 0.6 is 15.6 Å². The van der Waals surface area contributed by atoms with Crippen molar-refractivity contribution in [2.75, 3.05) is 39.6 Å². The molecule has 0 amide bonds. The molecule has 0 heterocycles. The van der Waals surface area contributed by atoms with Gasteiger partial charge in [-0.3, -0.25) is 37.3 Å². The molecule has 0 aromatic heterocycles. The van der Waals surface area contributed by atoms with E-state index in [4.69, 9.17) is 37.0 Å². The van der Waals surface area contributed by atoms with E-state index in [9.17, 15) is 43.2 Å². The molecule has 19 heteroatoms. The summed E-state index contributed by atoms with van der Waals surface area (Å²) in [5.41, 5.74) is 0. The third-order valence-corrected chi connectivity index (χ3v) is 23.3. The molecule has 0 aromatic carbocycles. The standard InChI is InChI=1S/C91H178O17P2/c1-8-9-10-11-12-13-14-15-16-17-18-19-20-21-22-27-33-38-45-53-60-67-74-90(95)107-86(78-101-88(93)72-65-58-51-44-37-32-26-24-23-25-30-35-41-48-55-62-69-82(2)3)80-105-109(97,98)103-76-85(92)77-104-110(99,100)106-81-87(79-102-89(94)73-66-59-52-47-40-43-50-57-64-71-84(6)7)108-91(96)75-68-61-54-46-39-34-29-28-31-36-42-49-56-63-70-83(4)5/h82-87,92H,8-81H2,1-7H3,(H,97,98)(H,99,100)/t85-,86-,87-/m1/s1. The summed E-state index contributed by atoms with van der Waals surface area (Å²) in [6.45, 7) is 12.0. The van der Waals surface area contributed by atoms with Crippen molar-refractivity contribution in [2.45, 2.75) is 503 Å². The summed E-state index contributed by atoms with van der Waals surface area (Å²) >= 11 is 0. The summed E-state index contributed by atoms with van der Waals surface area (Å²) in [4.78, 5) is 73.4. The molecule has 0 saturated heterocycles. The first-order valence-electron chi connectivity index (χ1n) is 46.8. The van der Waals surface area contributed by atoms with Gasteiger partial charge < -0.3 is 33.8 Å². The van der Waals surface area contributed by atoms with Gasteiger partial charge in [-0.2, -0.15) is 0 Å². The third-order valence-electron chi connectivity index (χ3n) is 21.4. The average Bonchev–Trinajstić information content (AvgIpc) is 0.898. The minimum Gasteiger partial charge on any atom is -0.462 e. The Balaban J connectivity index is 5.25. The van der Waals surface area contributed by atoms with Crippen molar-refractivity contribution in [2.24, 2.45) is 17.8 Å². The molecule has 0 fully saturated rings. The second-order valence-corrected chi connectivity index (χ2v) is 37.0. The molecule has 0 aromatic rings. The minimum absolute atomic E-state index is 0.107. The first-order valence-corrected chi connectivity index (χ1v) is 49.8. The number of carbonyl (C=O) groups is 4. The summed E-state index contributed by atoms with van der Waals surface area (Å²) in [7, 11) is -9.94. The molecular formula is C91H178O17P2. The molecular weight excluding hydrogens is 1430 g/mol. The lowest BCUT2D eigenvalue weighted by Gasteiger charge is -2.21. The maximum atomic E-state index is 13.2. The lowest BCUT2D eigenvalue weighted by molar-refractivity contribution is -0.161. The fraction of sp³-hybridized carbons (Fsp3) is 0.956. The molecule has 654 valence electrons. The average molecular weight is 1610 g/mol. The Labute approximate surface area is 677 Å². The number of carbonyl (C=O) groups excluding carboxylic acids is 4. The number of aliphatic hydroxyl groups is 1. The maximum Gasteiger partial charge on any atom is 0.472 e. The lowest BCUT2D eigenvalue weighted by Crippen LogP contribution is -2.30. The van der Waals surface area contributed by atoms with E-state index in [-0.39, 0.29) is 25.7 Å². The van der Waals surface area contributed by atoms with Crippen molar-refractivity contribution >= 4 is 39.5 Å². The van der Waals surface area contributed by atoms with E-state index in [2.05, 4.69) is 48.5 Å². The fourth-order valence-electron chi connectivity index (χ4n) is 14.3. The van der Waals surface area contributed by atoms with E-state index in [0.29, 0.717) is 25.7 Å². The van der Waals surface area contributed by atoms with Crippen LogP contribution in [0.4, 0.5) is 0 Å². The highest BCUT2D eigenvalue weighted by molar-refractivity contribution is 7.47. The van der Waals surface area contributed by atoms with Crippen molar-refractivity contribution in [3.8, 4) is 0 Å². The molecule has 0 rings (SSSR count). The van der Waals surface area contributed by atoms with Gasteiger partial charge in [-0.15, -0.1) is 0 Å². The first kappa shape index (κ1) is 108. The van der Waals surface area contributed by atoms with Gasteiger partial charge in [0.25, 0.3) is 0 Å². The molecule has 0 saturated carbocycles. The van der Waals surface area contributed by atoms with Gasteiger partial charge in [0.2, 0.25) is 0 Å². The number of rotatable bonds is 89. The van der Waals surface area contributed by atoms with Gasteiger partial charge in [0, 0.05) is 25.7 Å². The van der Waals surface area contributed by atoms with Crippen molar-refractivity contribution in [1.82, 2.24) is 0 Å². The summed E-state index contributed by atoms with van der Waals surface area (Å²) in [6.07, 6.45) is 73.7. The molecule has 0 bridgehead atoms. The Hall–Kier alpha value is -1.94. The van der Waals surface area contributed by atoms with E-state index in [1.54, 1.807) is 0 Å². The van der Waals surface area contributed by atoms with Gasteiger partial charge in [-0.25, -0.2) is 9.13 Å². The molecule has 5 atom stereocenters. The van der Waals surface area contributed by atoms with Crippen LogP contribution in [0.5, 0.6) is 0 Å². The van der Waals surface area contributed by atoms with E-state index in [1.807, 2.05) is 0 Å².